The zero-order valence-electron chi connectivity index (χ0n) is 9.69. The van der Waals surface area contributed by atoms with Gasteiger partial charge in [0, 0.05) is 14.2 Å². The summed E-state index contributed by atoms with van der Waals surface area (Å²) in [5.74, 6) is 0. The molecule has 98 valence electrons. The van der Waals surface area contributed by atoms with Gasteiger partial charge in [-0.15, -0.1) is 11.3 Å². The minimum absolute atomic E-state index is 0.0733. The highest BCUT2D eigenvalue weighted by molar-refractivity contribution is 9.11. The molecule has 0 saturated carbocycles. The number of aryl methyl sites for hydroxylation is 1. The van der Waals surface area contributed by atoms with Gasteiger partial charge in [0.15, 0.2) is 6.29 Å². The van der Waals surface area contributed by atoms with E-state index in [1.54, 1.807) is 6.07 Å². The first-order valence-electron chi connectivity index (χ1n) is 4.72. The second-order valence-electron chi connectivity index (χ2n) is 3.28. The Morgan fingerprint density at radius 3 is 2.47 bits per heavy atom. The fourth-order valence-electron chi connectivity index (χ4n) is 1.08. The Labute approximate surface area is 113 Å². The molecule has 1 aromatic rings. The SMILES string of the molecule is COC(CNS(=O)(=O)c1cc(C)c(Br)s1)OC. The van der Waals surface area contributed by atoms with Crippen LogP contribution < -0.4 is 4.72 Å². The largest absolute Gasteiger partial charge is 0.355 e. The number of sulfonamides is 1. The predicted molar refractivity (Wildman–Crippen MR) is 69.8 cm³/mol. The van der Waals surface area contributed by atoms with E-state index in [0.717, 1.165) is 9.35 Å². The molecule has 1 N–H and O–H groups in total. The van der Waals surface area contributed by atoms with Crippen molar-refractivity contribution in [3.8, 4) is 0 Å². The van der Waals surface area contributed by atoms with Gasteiger partial charge in [0.25, 0.3) is 0 Å². The van der Waals surface area contributed by atoms with E-state index in [0.29, 0.717) is 0 Å². The zero-order chi connectivity index (χ0) is 13.1. The molecule has 0 spiro atoms. The predicted octanol–water partition coefficient (Wildman–Crippen LogP) is 1.72. The van der Waals surface area contributed by atoms with Crippen molar-refractivity contribution in [3.05, 3.63) is 15.4 Å². The summed E-state index contributed by atoms with van der Waals surface area (Å²) in [6.07, 6.45) is -0.589. The Morgan fingerprint density at radius 2 is 2.06 bits per heavy atom. The number of thiophene rings is 1. The van der Waals surface area contributed by atoms with E-state index in [1.807, 2.05) is 6.92 Å². The molecule has 0 aliphatic rings. The van der Waals surface area contributed by atoms with Crippen LogP contribution in [0.3, 0.4) is 0 Å². The summed E-state index contributed by atoms with van der Waals surface area (Å²) >= 11 is 4.47. The molecule has 0 aliphatic heterocycles. The summed E-state index contributed by atoms with van der Waals surface area (Å²) in [5.41, 5.74) is 0.894. The number of ether oxygens (including phenoxy) is 2. The third-order valence-corrected chi connectivity index (χ3v) is 6.10. The van der Waals surface area contributed by atoms with Crippen LogP contribution in [0.15, 0.2) is 14.1 Å². The Bertz CT molecular complexity index is 448. The number of hydrogen-bond donors (Lipinski definition) is 1. The van der Waals surface area contributed by atoms with Crippen LogP contribution in [0.1, 0.15) is 5.56 Å². The van der Waals surface area contributed by atoms with Crippen LogP contribution >= 0.6 is 27.3 Å². The number of nitrogens with one attached hydrogen (secondary N) is 1. The quantitative estimate of drug-likeness (QED) is 0.798. The van der Waals surface area contributed by atoms with Crippen LogP contribution in [-0.2, 0) is 19.5 Å². The molecule has 0 aromatic carbocycles. The maximum absolute atomic E-state index is 11.9. The average Bonchev–Trinajstić information content (AvgIpc) is 2.61. The first-order chi connectivity index (χ1) is 7.90. The second-order valence-corrected chi connectivity index (χ2v) is 7.64. The fourth-order valence-corrected chi connectivity index (χ4v) is 4.36. The Hall–Kier alpha value is 0.01000. The van der Waals surface area contributed by atoms with Crippen molar-refractivity contribution in [2.45, 2.75) is 17.4 Å². The fraction of sp³-hybridized carbons (Fsp3) is 0.556. The van der Waals surface area contributed by atoms with Gasteiger partial charge in [-0.05, 0) is 34.5 Å². The van der Waals surface area contributed by atoms with Crippen molar-refractivity contribution in [3.63, 3.8) is 0 Å². The van der Waals surface area contributed by atoms with Crippen LogP contribution in [-0.4, -0.2) is 35.5 Å². The number of rotatable bonds is 6. The Balaban J connectivity index is 2.75. The molecule has 0 saturated heterocycles. The highest BCUT2D eigenvalue weighted by Crippen LogP contribution is 2.30. The lowest BCUT2D eigenvalue weighted by Crippen LogP contribution is -2.33. The summed E-state index contributed by atoms with van der Waals surface area (Å²) < 4.78 is 37.1. The minimum atomic E-state index is -3.50. The van der Waals surface area contributed by atoms with Gasteiger partial charge in [0.2, 0.25) is 10.0 Å². The minimum Gasteiger partial charge on any atom is -0.355 e. The maximum atomic E-state index is 11.9. The molecule has 0 bridgehead atoms. The number of halogens is 1. The summed E-state index contributed by atoms with van der Waals surface area (Å²) in [7, 11) is -0.593. The second kappa shape index (κ2) is 6.26. The van der Waals surface area contributed by atoms with Gasteiger partial charge in [-0.1, -0.05) is 0 Å². The molecule has 0 fully saturated rings. The molecule has 0 atom stereocenters. The lowest BCUT2D eigenvalue weighted by molar-refractivity contribution is -0.0960. The van der Waals surface area contributed by atoms with E-state index in [4.69, 9.17) is 9.47 Å². The van der Waals surface area contributed by atoms with Crippen molar-refractivity contribution in [2.24, 2.45) is 0 Å². The summed E-state index contributed by atoms with van der Waals surface area (Å²) in [6, 6.07) is 1.62. The number of methoxy groups -OCH3 is 2. The van der Waals surface area contributed by atoms with Gasteiger partial charge < -0.3 is 9.47 Å². The van der Waals surface area contributed by atoms with E-state index in [2.05, 4.69) is 20.7 Å². The third kappa shape index (κ3) is 4.01. The maximum Gasteiger partial charge on any atom is 0.250 e. The van der Waals surface area contributed by atoms with E-state index in [1.165, 1.54) is 25.6 Å². The van der Waals surface area contributed by atoms with Crippen molar-refractivity contribution >= 4 is 37.3 Å². The molecule has 0 amide bonds. The first kappa shape index (κ1) is 15.1. The van der Waals surface area contributed by atoms with Crippen LogP contribution in [0.4, 0.5) is 0 Å². The van der Waals surface area contributed by atoms with Gasteiger partial charge in [-0.2, -0.15) is 0 Å². The van der Waals surface area contributed by atoms with Gasteiger partial charge in [0.1, 0.15) is 4.21 Å². The smallest absolute Gasteiger partial charge is 0.250 e. The average molecular weight is 344 g/mol. The van der Waals surface area contributed by atoms with Crippen molar-refractivity contribution in [2.75, 3.05) is 20.8 Å². The van der Waals surface area contributed by atoms with Crippen molar-refractivity contribution in [1.82, 2.24) is 4.72 Å². The molecule has 1 heterocycles. The zero-order valence-corrected chi connectivity index (χ0v) is 12.9. The summed E-state index contributed by atoms with van der Waals surface area (Å²) in [5, 5.41) is 0. The molecule has 0 aliphatic carbocycles. The molecule has 0 unspecified atom stereocenters. The molecule has 5 nitrogen and oxygen atoms in total. The lowest BCUT2D eigenvalue weighted by atomic mass is 10.4. The molecule has 0 radical (unpaired) electrons. The molecule has 17 heavy (non-hydrogen) atoms. The van der Waals surface area contributed by atoms with Gasteiger partial charge >= 0.3 is 0 Å². The van der Waals surface area contributed by atoms with Crippen LogP contribution in [0.25, 0.3) is 0 Å². The van der Waals surface area contributed by atoms with Gasteiger partial charge in [0.05, 0.1) is 10.3 Å². The van der Waals surface area contributed by atoms with E-state index in [-0.39, 0.29) is 10.8 Å². The van der Waals surface area contributed by atoms with Crippen LogP contribution in [0.5, 0.6) is 0 Å². The van der Waals surface area contributed by atoms with Gasteiger partial charge in [-0.3, -0.25) is 0 Å². The van der Waals surface area contributed by atoms with E-state index < -0.39 is 16.3 Å². The van der Waals surface area contributed by atoms with Crippen molar-refractivity contribution in [1.29, 1.82) is 0 Å². The molecular formula is C9H14BrNO4S2. The van der Waals surface area contributed by atoms with Crippen LogP contribution in [0, 0.1) is 6.92 Å². The van der Waals surface area contributed by atoms with E-state index >= 15 is 0 Å². The Morgan fingerprint density at radius 1 is 1.47 bits per heavy atom. The highest BCUT2D eigenvalue weighted by Gasteiger charge is 2.19. The van der Waals surface area contributed by atoms with Crippen molar-refractivity contribution < 1.29 is 17.9 Å². The highest BCUT2D eigenvalue weighted by atomic mass is 79.9. The summed E-state index contributed by atoms with van der Waals surface area (Å²) in [6.45, 7) is 1.91. The molecule has 1 rings (SSSR count). The topological polar surface area (TPSA) is 64.6 Å². The Kier molecular flexibility index (Phi) is 5.55. The third-order valence-electron chi connectivity index (χ3n) is 2.07. The normalized spacial score (nSPS) is 12.3. The first-order valence-corrected chi connectivity index (χ1v) is 7.81. The monoisotopic (exact) mass is 343 g/mol. The molecule has 8 heteroatoms. The molecular weight excluding hydrogens is 330 g/mol. The van der Waals surface area contributed by atoms with Gasteiger partial charge in [-0.25, -0.2) is 13.1 Å². The lowest BCUT2D eigenvalue weighted by Gasteiger charge is -2.13. The van der Waals surface area contributed by atoms with Crippen LogP contribution in [0.2, 0.25) is 0 Å². The number of hydrogen-bond acceptors (Lipinski definition) is 5. The van der Waals surface area contributed by atoms with E-state index in [9.17, 15) is 8.42 Å². The standard InChI is InChI=1S/C9H14BrNO4S2/c1-6-4-8(16-9(6)10)17(12,13)11-5-7(14-2)15-3/h4,7,11H,5H2,1-3H3. The summed E-state index contributed by atoms with van der Waals surface area (Å²) in [4.78, 5) is 0. The molecule has 1 aromatic heterocycles.